The van der Waals surface area contributed by atoms with Gasteiger partial charge in [-0.2, -0.15) is 0 Å². The molecule has 7 nitrogen and oxygen atoms in total. The minimum atomic E-state index is -3.10. The number of benzene rings is 2. The molecule has 25 heavy (non-hydrogen) atoms. The average molecular weight is 363 g/mol. The molecule has 2 aromatic carbocycles. The lowest BCUT2D eigenvalue weighted by atomic mass is 10.1. The number of amides is 1. The third kappa shape index (κ3) is 4.08. The van der Waals surface area contributed by atoms with Crippen molar-refractivity contribution in [2.24, 2.45) is 0 Å². The van der Waals surface area contributed by atoms with Gasteiger partial charge in [0.2, 0.25) is 0 Å². The molecule has 0 aliphatic carbocycles. The van der Waals surface area contributed by atoms with Gasteiger partial charge in [-0.05, 0) is 29.3 Å². The molecule has 2 N–H and O–H groups in total. The average Bonchev–Trinajstić information content (AvgIpc) is 2.90. The van der Waals surface area contributed by atoms with Crippen LogP contribution in [-0.2, 0) is 19.4 Å². The van der Waals surface area contributed by atoms with Crippen molar-refractivity contribution < 1.29 is 27.9 Å². The number of fused-ring (bicyclic) bond motifs is 1. The predicted octanol–water partition coefficient (Wildman–Crippen LogP) is 1.01. The summed E-state index contributed by atoms with van der Waals surface area (Å²) < 4.78 is 27.6. The lowest BCUT2D eigenvalue weighted by Gasteiger charge is -2.11. The summed E-state index contributed by atoms with van der Waals surface area (Å²) in [7, 11) is -3.10. The van der Waals surface area contributed by atoms with Crippen LogP contribution in [0.5, 0.6) is 5.75 Å². The number of rotatable bonds is 4. The lowest BCUT2D eigenvalue weighted by Crippen LogP contribution is -2.38. The summed E-state index contributed by atoms with van der Waals surface area (Å²) in [5.74, 6) is -1.68. The van der Waals surface area contributed by atoms with Gasteiger partial charge >= 0.3 is 5.97 Å². The van der Waals surface area contributed by atoms with E-state index in [0.717, 1.165) is 10.8 Å². The van der Waals surface area contributed by atoms with Crippen molar-refractivity contribution in [2.45, 2.75) is 12.5 Å². The molecular formula is C17H17NO6S. The molecule has 2 aromatic rings. The number of esters is 1. The highest BCUT2D eigenvalue weighted by molar-refractivity contribution is 7.91. The Kier molecular flexibility index (Phi) is 4.63. The van der Waals surface area contributed by atoms with Crippen LogP contribution in [0.3, 0.4) is 0 Å². The molecule has 132 valence electrons. The Morgan fingerprint density at radius 1 is 1.20 bits per heavy atom. The van der Waals surface area contributed by atoms with E-state index in [1.165, 1.54) is 12.1 Å². The highest BCUT2D eigenvalue weighted by Gasteiger charge is 2.29. The summed E-state index contributed by atoms with van der Waals surface area (Å²) in [6.45, 7) is -0.540. The van der Waals surface area contributed by atoms with Crippen molar-refractivity contribution in [3.05, 3.63) is 42.0 Å². The first-order valence-electron chi connectivity index (χ1n) is 7.73. The molecule has 8 heteroatoms. The second-order valence-corrected chi connectivity index (χ2v) is 8.19. The van der Waals surface area contributed by atoms with Gasteiger partial charge in [-0.1, -0.05) is 24.3 Å². The predicted molar refractivity (Wildman–Crippen MR) is 91.1 cm³/mol. The third-order valence-electron chi connectivity index (χ3n) is 4.02. The summed E-state index contributed by atoms with van der Waals surface area (Å²) in [5.41, 5.74) is -0.0325. The molecule has 1 unspecified atom stereocenters. The van der Waals surface area contributed by atoms with Crippen molar-refractivity contribution in [1.29, 1.82) is 0 Å². The second-order valence-electron chi connectivity index (χ2n) is 5.96. The summed E-state index contributed by atoms with van der Waals surface area (Å²) in [6, 6.07) is 9.70. The molecular weight excluding hydrogens is 346 g/mol. The zero-order valence-corrected chi connectivity index (χ0v) is 14.1. The Hall–Kier alpha value is -2.61. The zero-order valence-electron chi connectivity index (χ0n) is 13.3. The Labute approximate surface area is 144 Å². The van der Waals surface area contributed by atoms with E-state index < -0.39 is 34.4 Å². The van der Waals surface area contributed by atoms with Gasteiger partial charge in [0.15, 0.2) is 16.4 Å². The third-order valence-corrected chi connectivity index (χ3v) is 5.78. The maximum atomic E-state index is 12.1. The highest BCUT2D eigenvalue weighted by Crippen LogP contribution is 2.25. The number of hydrogen-bond donors (Lipinski definition) is 2. The maximum Gasteiger partial charge on any atom is 0.342 e. The van der Waals surface area contributed by atoms with Gasteiger partial charge in [0.05, 0.1) is 11.5 Å². The van der Waals surface area contributed by atoms with Gasteiger partial charge in [0.1, 0.15) is 11.3 Å². The van der Waals surface area contributed by atoms with Crippen molar-refractivity contribution >= 4 is 32.5 Å². The van der Waals surface area contributed by atoms with E-state index in [9.17, 15) is 23.1 Å². The molecule has 1 aliphatic heterocycles. The van der Waals surface area contributed by atoms with Crippen LogP contribution in [0.2, 0.25) is 0 Å². The Balaban J connectivity index is 1.61. The van der Waals surface area contributed by atoms with Crippen LogP contribution in [-0.4, -0.2) is 49.6 Å². The van der Waals surface area contributed by atoms with Crippen LogP contribution >= 0.6 is 0 Å². The van der Waals surface area contributed by atoms with Gasteiger partial charge in [-0.3, -0.25) is 4.79 Å². The van der Waals surface area contributed by atoms with Crippen molar-refractivity contribution in [3.8, 4) is 5.75 Å². The number of carbonyl (C=O) groups is 2. The largest absolute Gasteiger partial charge is 0.507 e. The zero-order chi connectivity index (χ0) is 18.0. The van der Waals surface area contributed by atoms with E-state index >= 15 is 0 Å². The number of ether oxygens (including phenoxy) is 1. The number of carbonyl (C=O) groups excluding carboxylic acids is 2. The first kappa shape index (κ1) is 17.2. The van der Waals surface area contributed by atoms with Crippen LogP contribution in [0.25, 0.3) is 10.8 Å². The Morgan fingerprint density at radius 3 is 2.52 bits per heavy atom. The fraction of sp³-hybridized carbons (Fsp3) is 0.294. The van der Waals surface area contributed by atoms with E-state index in [4.69, 9.17) is 4.74 Å². The summed E-state index contributed by atoms with van der Waals surface area (Å²) in [6.07, 6.45) is 0.355. The molecule has 1 heterocycles. The van der Waals surface area contributed by atoms with Crippen LogP contribution in [0.1, 0.15) is 16.8 Å². The minimum Gasteiger partial charge on any atom is -0.507 e. The summed E-state index contributed by atoms with van der Waals surface area (Å²) in [5, 5.41) is 14.0. The topological polar surface area (TPSA) is 110 Å². The van der Waals surface area contributed by atoms with Crippen LogP contribution < -0.4 is 5.32 Å². The van der Waals surface area contributed by atoms with Gasteiger partial charge in [-0.15, -0.1) is 0 Å². The van der Waals surface area contributed by atoms with Crippen molar-refractivity contribution in [1.82, 2.24) is 5.32 Å². The quantitative estimate of drug-likeness (QED) is 0.785. The highest BCUT2D eigenvalue weighted by atomic mass is 32.2. The number of phenols is 1. The first-order valence-corrected chi connectivity index (χ1v) is 9.55. The Morgan fingerprint density at radius 2 is 1.88 bits per heavy atom. The van der Waals surface area contributed by atoms with Crippen molar-refractivity contribution in [2.75, 3.05) is 18.1 Å². The maximum absolute atomic E-state index is 12.1. The van der Waals surface area contributed by atoms with Gasteiger partial charge in [-0.25, -0.2) is 13.2 Å². The van der Waals surface area contributed by atoms with E-state index in [2.05, 4.69) is 5.32 Å². The van der Waals surface area contributed by atoms with E-state index in [1.54, 1.807) is 18.2 Å². The SMILES string of the molecule is O=C(COC(=O)c1cc2ccccc2cc1O)NC1CCS(=O)(=O)C1. The van der Waals surface area contributed by atoms with Gasteiger partial charge in [0, 0.05) is 6.04 Å². The molecule has 1 aliphatic rings. The molecule has 1 fully saturated rings. The molecule has 0 saturated carbocycles. The normalized spacial score (nSPS) is 18.8. The van der Waals surface area contributed by atoms with Crippen LogP contribution in [0.15, 0.2) is 36.4 Å². The molecule has 1 amide bonds. The lowest BCUT2D eigenvalue weighted by molar-refractivity contribution is -0.124. The fourth-order valence-corrected chi connectivity index (χ4v) is 4.45. The fourth-order valence-electron chi connectivity index (χ4n) is 2.78. The van der Waals surface area contributed by atoms with Gasteiger partial charge in [0.25, 0.3) is 5.91 Å². The molecule has 0 aromatic heterocycles. The number of aromatic hydroxyl groups is 1. The standard InChI is InChI=1S/C17H17NO6S/c19-15-8-12-4-2-1-3-11(12)7-14(15)17(21)24-9-16(20)18-13-5-6-25(22,23)10-13/h1-4,7-8,13,19H,5-6,9-10H2,(H,18,20). The van der Waals surface area contributed by atoms with E-state index in [-0.39, 0.29) is 22.8 Å². The summed E-state index contributed by atoms with van der Waals surface area (Å²) in [4.78, 5) is 23.9. The monoisotopic (exact) mass is 363 g/mol. The van der Waals surface area contributed by atoms with Crippen molar-refractivity contribution in [3.63, 3.8) is 0 Å². The minimum absolute atomic E-state index is 0.0325. The smallest absolute Gasteiger partial charge is 0.342 e. The molecule has 0 bridgehead atoms. The molecule has 3 rings (SSSR count). The first-order chi connectivity index (χ1) is 11.8. The Bertz CT molecular complexity index is 937. The number of hydrogen-bond acceptors (Lipinski definition) is 6. The van der Waals surface area contributed by atoms with E-state index in [1.807, 2.05) is 6.07 Å². The second kappa shape index (κ2) is 6.72. The van der Waals surface area contributed by atoms with E-state index in [0.29, 0.717) is 6.42 Å². The van der Waals surface area contributed by atoms with Gasteiger partial charge < -0.3 is 15.2 Å². The number of sulfone groups is 1. The molecule has 1 saturated heterocycles. The number of nitrogens with one attached hydrogen (secondary N) is 1. The molecule has 1 atom stereocenters. The number of phenolic OH excluding ortho intramolecular Hbond substituents is 1. The van der Waals surface area contributed by atoms with Crippen LogP contribution in [0, 0.1) is 0 Å². The molecule has 0 radical (unpaired) electrons. The summed E-state index contributed by atoms with van der Waals surface area (Å²) >= 11 is 0. The molecule has 0 spiro atoms. The van der Waals surface area contributed by atoms with Crippen LogP contribution in [0.4, 0.5) is 0 Å².